The van der Waals surface area contributed by atoms with Gasteiger partial charge in [0.05, 0.1) is 12.8 Å². The SMILES string of the molecule is COCCn1cnnc1CCNC(=O)c1cnccn1. The summed E-state index contributed by atoms with van der Waals surface area (Å²) in [4.78, 5) is 19.5. The molecule has 1 N–H and O–H groups in total. The van der Waals surface area contributed by atoms with E-state index in [-0.39, 0.29) is 5.91 Å². The Bertz CT molecular complexity index is 542. The molecule has 106 valence electrons. The Morgan fingerprint density at radius 3 is 3.10 bits per heavy atom. The Morgan fingerprint density at radius 1 is 1.45 bits per heavy atom. The number of methoxy groups -OCH3 is 1. The topological polar surface area (TPSA) is 94.8 Å². The van der Waals surface area contributed by atoms with Gasteiger partial charge >= 0.3 is 0 Å². The van der Waals surface area contributed by atoms with E-state index in [1.54, 1.807) is 13.4 Å². The van der Waals surface area contributed by atoms with Crippen molar-refractivity contribution >= 4 is 5.91 Å². The first-order valence-corrected chi connectivity index (χ1v) is 6.21. The summed E-state index contributed by atoms with van der Waals surface area (Å²) in [5.41, 5.74) is 0.299. The fourth-order valence-electron chi connectivity index (χ4n) is 1.64. The van der Waals surface area contributed by atoms with Crippen LogP contribution in [0.25, 0.3) is 0 Å². The molecule has 0 fully saturated rings. The molecule has 20 heavy (non-hydrogen) atoms. The summed E-state index contributed by atoms with van der Waals surface area (Å²) in [6, 6.07) is 0. The summed E-state index contributed by atoms with van der Waals surface area (Å²) in [5, 5.41) is 10.6. The Balaban J connectivity index is 1.81. The number of ether oxygens (including phenoxy) is 1. The number of aromatic nitrogens is 5. The second-order valence-corrected chi connectivity index (χ2v) is 4.03. The summed E-state index contributed by atoms with van der Waals surface area (Å²) in [7, 11) is 1.64. The first kappa shape index (κ1) is 14.1. The Hall–Kier alpha value is -2.35. The van der Waals surface area contributed by atoms with Crippen LogP contribution in [0.15, 0.2) is 24.9 Å². The smallest absolute Gasteiger partial charge is 0.271 e. The summed E-state index contributed by atoms with van der Waals surface area (Å²) in [6.07, 6.45) is 6.68. The van der Waals surface area contributed by atoms with E-state index in [9.17, 15) is 4.79 Å². The molecule has 0 atom stereocenters. The molecule has 0 aliphatic carbocycles. The first-order valence-electron chi connectivity index (χ1n) is 6.21. The first-order chi connectivity index (χ1) is 9.81. The molecular weight excluding hydrogens is 260 g/mol. The highest BCUT2D eigenvalue weighted by Gasteiger charge is 2.08. The van der Waals surface area contributed by atoms with Crippen LogP contribution in [-0.4, -0.2) is 50.9 Å². The van der Waals surface area contributed by atoms with Crippen molar-refractivity contribution in [2.45, 2.75) is 13.0 Å². The lowest BCUT2D eigenvalue weighted by Crippen LogP contribution is -2.27. The predicted molar refractivity (Wildman–Crippen MR) is 70.0 cm³/mol. The fraction of sp³-hybridized carbons (Fsp3) is 0.417. The van der Waals surface area contributed by atoms with Gasteiger partial charge in [0, 0.05) is 39.0 Å². The summed E-state index contributed by atoms with van der Waals surface area (Å²) in [6.45, 7) is 1.75. The van der Waals surface area contributed by atoms with Gasteiger partial charge < -0.3 is 14.6 Å². The monoisotopic (exact) mass is 276 g/mol. The van der Waals surface area contributed by atoms with Crippen molar-refractivity contribution in [3.63, 3.8) is 0 Å². The van der Waals surface area contributed by atoms with E-state index < -0.39 is 0 Å². The largest absolute Gasteiger partial charge is 0.383 e. The summed E-state index contributed by atoms with van der Waals surface area (Å²) < 4.78 is 6.91. The highest BCUT2D eigenvalue weighted by atomic mass is 16.5. The number of nitrogens with one attached hydrogen (secondary N) is 1. The molecule has 0 aliphatic rings. The van der Waals surface area contributed by atoms with Gasteiger partial charge in [0.15, 0.2) is 0 Å². The average Bonchev–Trinajstić information content (AvgIpc) is 2.93. The third-order valence-corrected chi connectivity index (χ3v) is 2.66. The second-order valence-electron chi connectivity index (χ2n) is 4.03. The highest BCUT2D eigenvalue weighted by Crippen LogP contribution is 1.97. The molecule has 0 spiro atoms. The number of rotatable bonds is 7. The molecule has 8 nitrogen and oxygen atoms in total. The van der Waals surface area contributed by atoms with E-state index in [0.29, 0.717) is 31.8 Å². The van der Waals surface area contributed by atoms with Gasteiger partial charge in [-0.2, -0.15) is 0 Å². The van der Waals surface area contributed by atoms with E-state index in [2.05, 4.69) is 25.5 Å². The zero-order valence-electron chi connectivity index (χ0n) is 11.2. The van der Waals surface area contributed by atoms with Crippen LogP contribution in [0.4, 0.5) is 0 Å². The van der Waals surface area contributed by atoms with Crippen LogP contribution < -0.4 is 5.32 Å². The van der Waals surface area contributed by atoms with Gasteiger partial charge in [-0.3, -0.25) is 9.78 Å². The normalized spacial score (nSPS) is 10.4. The van der Waals surface area contributed by atoms with Crippen molar-refractivity contribution in [1.82, 2.24) is 30.0 Å². The van der Waals surface area contributed by atoms with Crippen LogP contribution in [-0.2, 0) is 17.7 Å². The highest BCUT2D eigenvalue weighted by molar-refractivity contribution is 5.91. The third-order valence-electron chi connectivity index (χ3n) is 2.66. The summed E-state index contributed by atoms with van der Waals surface area (Å²) in [5.74, 6) is 0.558. The van der Waals surface area contributed by atoms with Crippen LogP contribution >= 0.6 is 0 Å². The molecule has 0 radical (unpaired) electrons. The van der Waals surface area contributed by atoms with Crippen LogP contribution in [0, 0.1) is 0 Å². The van der Waals surface area contributed by atoms with Gasteiger partial charge in [-0.05, 0) is 0 Å². The predicted octanol–water partition coefficient (Wildman–Crippen LogP) is -0.313. The molecule has 8 heteroatoms. The lowest BCUT2D eigenvalue weighted by Gasteiger charge is -2.06. The molecule has 0 aliphatic heterocycles. The maximum atomic E-state index is 11.8. The molecule has 0 saturated carbocycles. The van der Waals surface area contributed by atoms with Crippen molar-refractivity contribution in [2.24, 2.45) is 0 Å². The Labute approximate surface area is 116 Å². The average molecular weight is 276 g/mol. The third kappa shape index (κ3) is 3.82. The number of carbonyl (C=O) groups is 1. The number of amides is 1. The summed E-state index contributed by atoms with van der Waals surface area (Å²) >= 11 is 0. The van der Waals surface area contributed by atoms with Gasteiger partial charge in [0.2, 0.25) is 0 Å². The second kappa shape index (κ2) is 7.29. The minimum absolute atomic E-state index is 0.249. The molecule has 0 unspecified atom stereocenters. The van der Waals surface area contributed by atoms with Gasteiger partial charge in [0.25, 0.3) is 5.91 Å². The van der Waals surface area contributed by atoms with Gasteiger partial charge in [-0.25, -0.2) is 4.98 Å². The Kier molecular flexibility index (Phi) is 5.13. The molecule has 2 aromatic rings. The maximum absolute atomic E-state index is 11.8. The quantitative estimate of drug-likeness (QED) is 0.745. The molecule has 1 amide bonds. The van der Waals surface area contributed by atoms with Crippen LogP contribution in [0.3, 0.4) is 0 Å². The molecule has 0 aromatic carbocycles. The van der Waals surface area contributed by atoms with Crippen LogP contribution in [0.5, 0.6) is 0 Å². The lowest BCUT2D eigenvalue weighted by atomic mass is 10.3. The van der Waals surface area contributed by atoms with E-state index in [1.165, 1.54) is 18.6 Å². The van der Waals surface area contributed by atoms with Crippen molar-refractivity contribution in [3.05, 3.63) is 36.4 Å². The van der Waals surface area contributed by atoms with Gasteiger partial charge in [0.1, 0.15) is 17.8 Å². The van der Waals surface area contributed by atoms with E-state index in [0.717, 1.165) is 5.82 Å². The fourth-order valence-corrected chi connectivity index (χ4v) is 1.64. The van der Waals surface area contributed by atoms with Gasteiger partial charge in [-0.15, -0.1) is 10.2 Å². The van der Waals surface area contributed by atoms with E-state index in [4.69, 9.17) is 4.74 Å². The lowest BCUT2D eigenvalue weighted by molar-refractivity contribution is 0.0948. The standard InChI is InChI=1S/C12H16N6O2/c1-20-7-6-18-9-16-17-11(18)2-3-15-12(19)10-8-13-4-5-14-10/h4-5,8-9H,2-3,6-7H2,1H3,(H,15,19). The number of carbonyl (C=O) groups excluding carboxylic acids is 1. The van der Waals surface area contributed by atoms with E-state index in [1.807, 2.05) is 4.57 Å². The maximum Gasteiger partial charge on any atom is 0.271 e. The van der Waals surface area contributed by atoms with E-state index >= 15 is 0 Å². The number of hydrogen-bond acceptors (Lipinski definition) is 6. The number of hydrogen-bond donors (Lipinski definition) is 1. The molecule has 0 bridgehead atoms. The minimum Gasteiger partial charge on any atom is -0.383 e. The molecule has 2 rings (SSSR count). The molecular formula is C12H16N6O2. The molecule has 0 saturated heterocycles. The van der Waals surface area contributed by atoms with Crippen molar-refractivity contribution in [2.75, 3.05) is 20.3 Å². The zero-order valence-corrected chi connectivity index (χ0v) is 11.2. The van der Waals surface area contributed by atoms with Crippen LogP contribution in [0.1, 0.15) is 16.3 Å². The number of nitrogens with zero attached hydrogens (tertiary/aromatic N) is 5. The van der Waals surface area contributed by atoms with Crippen molar-refractivity contribution in [1.29, 1.82) is 0 Å². The zero-order chi connectivity index (χ0) is 14.2. The minimum atomic E-state index is -0.249. The van der Waals surface area contributed by atoms with Crippen molar-refractivity contribution < 1.29 is 9.53 Å². The van der Waals surface area contributed by atoms with Gasteiger partial charge in [-0.1, -0.05) is 0 Å². The Morgan fingerprint density at radius 2 is 2.35 bits per heavy atom. The van der Waals surface area contributed by atoms with Crippen molar-refractivity contribution in [3.8, 4) is 0 Å². The van der Waals surface area contributed by atoms with Crippen LogP contribution in [0.2, 0.25) is 0 Å². The molecule has 2 aromatic heterocycles. The molecule has 2 heterocycles.